The number of anilines is 1. The fourth-order valence-electron chi connectivity index (χ4n) is 3.32. The highest BCUT2D eigenvalue weighted by atomic mass is 16.2. The highest BCUT2D eigenvalue weighted by Gasteiger charge is 2.24. The first-order valence-corrected chi connectivity index (χ1v) is 9.51. The van der Waals surface area contributed by atoms with E-state index >= 15 is 0 Å². The molecule has 4 rings (SSSR count). The molecule has 0 spiro atoms. The maximum atomic E-state index is 12.5. The van der Waals surface area contributed by atoms with Crippen molar-refractivity contribution in [2.24, 2.45) is 0 Å². The van der Waals surface area contributed by atoms with Crippen LogP contribution in [0.2, 0.25) is 0 Å². The lowest BCUT2D eigenvalue weighted by molar-refractivity contribution is 0.0740. The van der Waals surface area contributed by atoms with E-state index < -0.39 is 0 Å². The van der Waals surface area contributed by atoms with Crippen LogP contribution in [0.5, 0.6) is 0 Å². The molecule has 0 atom stereocenters. The van der Waals surface area contributed by atoms with Crippen LogP contribution in [-0.2, 0) is 0 Å². The number of aromatic nitrogens is 4. The van der Waals surface area contributed by atoms with Crippen LogP contribution >= 0.6 is 0 Å². The third-order valence-electron chi connectivity index (χ3n) is 5.19. The van der Waals surface area contributed by atoms with Crippen molar-refractivity contribution in [3.63, 3.8) is 0 Å². The summed E-state index contributed by atoms with van der Waals surface area (Å²) in [5, 5.41) is 4.57. The molecule has 0 saturated carbocycles. The second-order valence-electron chi connectivity index (χ2n) is 7.08. The molecule has 8 heteroatoms. The van der Waals surface area contributed by atoms with Gasteiger partial charge in [-0.2, -0.15) is 4.68 Å². The first kappa shape index (κ1) is 18.8. The van der Waals surface area contributed by atoms with Crippen molar-refractivity contribution in [1.29, 1.82) is 0 Å². The van der Waals surface area contributed by atoms with Gasteiger partial charge in [-0.15, -0.1) is 5.10 Å². The highest BCUT2D eigenvalue weighted by Crippen LogP contribution is 2.16. The fraction of sp³-hybridized carbons (Fsp3) is 0.286. The fourth-order valence-corrected chi connectivity index (χ4v) is 3.32. The van der Waals surface area contributed by atoms with Gasteiger partial charge in [-0.25, -0.2) is 4.98 Å². The van der Waals surface area contributed by atoms with Crippen LogP contribution in [0, 0.1) is 13.8 Å². The van der Waals surface area contributed by atoms with Crippen molar-refractivity contribution in [1.82, 2.24) is 24.6 Å². The number of hydrogen-bond donors (Lipinski definition) is 0. The lowest BCUT2D eigenvalue weighted by Gasteiger charge is -2.35. The Morgan fingerprint density at radius 1 is 0.966 bits per heavy atom. The van der Waals surface area contributed by atoms with E-state index in [9.17, 15) is 9.59 Å². The molecule has 1 fully saturated rings. The number of piperazine rings is 1. The first-order valence-electron chi connectivity index (χ1n) is 9.51. The Labute approximate surface area is 168 Å². The summed E-state index contributed by atoms with van der Waals surface area (Å²) in [6.07, 6.45) is 4.55. The Balaban J connectivity index is 1.51. The smallest absolute Gasteiger partial charge is 0.274 e. The Morgan fingerprint density at radius 2 is 1.76 bits per heavy atom. The van der Waals surface area contributed by atoms with E-state index in [1.54, 1.807) is 17.2 Å². The van der Waals surface area contributed by atoms with Gasteiger partial charge in [0, 0.05) is 44.6 Å². The molecule has 29 heavy (non-hydrogen) atoms. The second-order valence-corrected chi connectivity index (χ2v) is 7.08. The number of nitrogens with zero attached hydrogens (tertiary/aromatic N) is 6. The van der Waals surface area contributed by atoms with Crippen LogP contribution in [0.25, 0.3) is 5.69 Å². The molecule has 3 aromatic rings. The average molecular weight is 390 g/mol. The molecule has 1 aliphatic heterocycles. The summed E-state index contributed by atoms with van der Waals surface area (Å²) in [5.74, 6) is 0.597. The molecule has 148 valence electrons. The number of benzene rings is 1. The van der Waals surface area contributed by atoms with Crippen LogP contribution in [0.4, 0.5) is 5.82 Å². The van der Waals surface area contributed by atoms with Gasteiger partial charge in [-0.1, -0.05) is 6.07 Å². The minimum atomic E-state index is -0.173. The van der Waals surface area contributed by atoms with Gasteiger partial charge in [0.1, 0.15) is 11.5 Å². The molecule has 0 aliphatic carbocycles. The molecule has 8 nitrogen and oxygen atoms in total. The SMILES string of the molecule is Cc1ccc(-n2nc(N3CCN(C(=O)c4cnccn4)CC3)ccc2=O)cc1C. The third-order valence-corrected chi connectivity index (χ3v) is 5.19. The van der Waals surface area contributed by atoms with Gasteiger partial charge in [0.15, 0.2) is 0 Å². The van der Waals surface area contributed by atoms with E-state index in [0.29, 0.717) is 31.9 Å². The monoisotopic (exact) mass is 390 g/mol. The van der Waals surface area contributed by atoms with Gasteiger partial charge >= 0.3 is 0 Å². The predicted molar refractivity (Wildman–Crippen MR) is 109 cm³/mol. The minimum absolute atomic E-state index is 0.120. The van der Waals surface area contributed by atoms with Crippen molar-refractivity contribution in [3.8, 4) is 5.69 Å². The van der Waals surface area contributed by atoms with Crippen molar-refractivity contribution >= 4 is 11.7 Å². The Hall–Kier alpha value is -3.55. The van der Waals surface area contributed by atoms with E-state index in [1.807, 2.05) is 32.0 Å². The summed E-state index contributed by atoms with van der Waals surface area (Å²) < 4.78 is 1.43. The topological polar surface area (TPSA) is 84.2 Å². The standard InChI is InChI=1S/C21H22N6O2/c1-15-3-4-17(13-16(15)2)27-20(28)6-5-19(24-27)25-9-11-26(12-10-25)21(29)18-14-22-7-8-23-18/h3-8,13-14H,9-12H2,1-2H3. The number of amides is 1. The van der Waals surface area contributed by atoms with Crippen LogP contribution in [-0.4, -0.2) is 56.7 Å². The largest absolute Gasteiger partial charge is 0.352 e. The third kappa shape index (κ3) is 3.87. The minimum Gasteiger partial charge on any atom is -0.352 e. The maximum Gasteiger partial charge on any atom is 0.274 e. The lowest BCUT2D eigenvalue weighted by atomic mass is 10.1. The number of carbonyl (C=O) groups is 1. The van der Waals surface area contributed by atoms with E-state index in [4.69, 9.17) is 0 Å². The first-order chi connectivity index (χ1) is 14.0. The normalized spacial score (nSPS) is 14.1. The molecule has 3 heterocycles. The summed E-state index contributed by atoms with van der Waals surface area (Å²) in [5.41, 5.74) is 3.20. The number of hydrogen-bond acceptors (Lipinski definition) is 6. The number of aryl methyl sites for hydroxylation is 2. The molecule has 1 aromatic carbocycles. The summed E-state index contributed by atoms with van der Waals surface area (Å²) in [6, 6.07) is 9.12. The summed E-state index contributed by atoms with van der Waals surface area (Å²) in [7, 11) is 0. The summed E-state index contributed by atoms with van der Waals surface area (Å²) >= 11 is 0. The van der Waals surface area contributed by atoms with Crippen LogP contribution in [0.3, 0.4) is 0 Å². The number of rotatable bonds is 3. The zero-order valence-corrected chi connectivity index (χ0v) is 16.4. The quantitative estimate of drug-likeness (QED) is 0.675. The van der Waals surface area contributed by atoms with E-state index in [2.05, 4.69) is 20.0 Å². The van der Waals surface area contributed by atoms with Gasteiger partial charge in [-0.3, -0.25) is 14.6 Å². The molecule has 2 aromatic heterocycles. The predicted octanol–water partition coefficient (Wildman–Crippen LogP) is 1.60. The lowest BCUT2D eigenvalue weighted by Crippen LogP contribution is -2.49. The molecular formula is C21H22N6O2. The van der Waals surface area contributed by atoms with E-state index in [1.165, 1.54) is 28.7 Å². The van der Waals surface area contributed by atoms with Gasteiger partial charge in [0.05, 0.1) is 11.9 Å². The second kappa shape index (κ2) is 7.83. The molecule has 0 bridgehead atoms. The molecule has 0 radical (unpaired) electrons. The van der Waals surface area contributed by atoms with Gasteiger partial charge < -0.3 is 9.80 Å². The van der Waals surface area contributed by atoms with Crippen molar-refractivity contribution in [2.45, 2.75) is 13.8 Å². The van der Waals surface area contributed by atoms with Crippen LogP contribution < -0.4 is 10.5 Å². The highest BCUT2D eigenvalue weighted by molar-refractivity contribution is 5.92. The van der Waals surface area contributed by atoms with Crippen molar-refractivity contribution in [2.75, 3.05) is 31.1 Å². The van der Waals surface area contributed by atoms with Gasteiger partial charge in [-0.05, 0) is 43.2 Å². The van der Waals surface area contributed by atoms with Crippen molar-refractivity contribution < 1.29 is 4.79 Å². The number of carbonyl (C=O) groups excluding carboxylic acids is 1. The molecular weight excluding hydrogens is 368 g/mol. The van der Waals surface area contributed by atoms with Crippen LogP contribution in [0.1, 0.15) is 21.6 Å². The average Bonchev–Trinajstić information content (AvgIpc) is 2.76. The summed E-state index contributed by atoms with van der Waals surface area (Å²) in [6.45, 7) is 6.42. The molecule has 1 saturated heterocycles. The van der Waals surface area contributed by atoms with Gasteiger partial charge in [0.25, 0.3) is 11.5 Å². The maximum absolute atomic E-state index is 12.5. The Morgan fingerprint density at radius 3 is 2.45 bits per heavy atom. The van der Waals surface area contributed by atoms with Crippen molar-refractivity contribution in [3.05, 3.63) is 76.1 Å². The van der Waals surface area contributed by atoms with Gasteiger partial charge in [0.2, 0.25) is 0 Å². The zero-order chi connectivity index (χ0) is 20.4. The Kier molecular flexibility index (Phi) is 5.07. The molecule has 0 N–H and O–H groups in total. The molecule has 1 aliphatic rings. The molecule has 1 amide bonds. The zero-order valence-electron chi connectivity index (χ0n) is 16.4. The van der Waals surface area contributed by atoms with E-state index in [-0.39, 0.29) is 11.5 Å². The Bertz CT molecular complexity index is 1090. The summed E-state index contributed by atoms with van der Waals surface area (Å²) in [4.78, 5) is 36.8. The van der Waals surface area contributed by atoms with Crippen LogP contribution in [0.15, 0.2) is 53.7 Å². The van der Waals surface area contributed by atoms with E-state index in [0.717, 1.165) is 17.1 Å². The molecule has 0 unspecified atom stereocenters.